The molecule has 1 aromatic rings. The molecule has 0 unspecified atom stereocenters. The Kier molecular flexibility index (Phi) is 7.56. The van der Waals surface area contributed by atoms with Gasteiger partial charge >= 0.3 is 67.8 Å². The Bertz CT molecular complexity index is 221. The van der Waals surface area contributed by atoms with Crippen molar-refractivity contribution in [1.82, 2.24) is 0 Å². The van der Waals surface area contributed by atoms with Gasteiger partial charge in [0.1, 0.15) is 0 Å². The van der Waals surface area contributed by atoms with Crippen molar-refractivity contribution in [3.05, 3.63) is 30.3 Å². The molecule has 0 bridgehead atoms. The average molecular weight is 190 g/mol. The van der Waals surface area contributed by atoms with Crippen LogP contribution in [0.25, 0.3) is 0 Å². The summed E-state index contributed by atoms with van der Waals surface area (Å²) in [4.78, 5) is 9.26. The number of rotatable bonds is 1. The number of carboxylic acid groups (broad SMARTS) is 1. The van der Waals surface area contributed by atoms with Gasteiger partial charge < -0.3 is 9.90 Å². The first kappa shape index (κ1) is 11.9. The van der Waals surface area contributed by atoms with Gasteiger partial charge in [0.2, 0.25) is 0 Å². The molecule has 0 heterocycles. The van der Waals surface area contributed by atoms with E-state index in [2.05, 4.69) is 24.3 Å². The van der Waals surface area contributed by atoms with E-state index in [0.29, 0.717) is 0 Å². The summed E-state index contributed by atoms with van der Waals surface area (Å²) >= 11 is 1.26. The van der Waals surface area contributed by atoms with Crippen molar-refractivity contribution >= 4 is 43.4 Å². The van der Waals surface area contributed by atoms with Gasteiger partial charge in [0, 0.05) is 5.97 Å². The molecule has 0 fully saturated rings. The Balaban J connectivity index is 0.000000217. The van der Waals surface area contributed by atoms with Crippen LogP contribution in [-0.4, -0.2) is 41.8 Å². The van der Waals surface area contributed by atoms with E-state index in [-0.39, 0.29) is 6.42 Å². The standard InChI is InChI=1S/C6H5.C3H6O2.Ca/c1-2-4-6-5-3-1;1-2-3(4)5;/h1-5H;2H2,1H3,(H,4,5);/q;;+1/p-1. The third kappa shape index (κ3) is 8.05. The molecular formula is C9H10CaO2. The first-order valence-corrected chi connectivity index (χ1v) is 4.84. The second kappa shape index (κ2) is 7.59. The van der Waals surface area contributed by atoms with Gasteiger partial charge in [-0.2, -0.15) is 0 Å². The van der Waals surface area contributed by atoms with Gasteiger partial charge in [0.15, 0.2) is 0 Å². The maximum absolute atomic E-state index is 9.26. The van der Waals surface area contributed by atoms with E-state index in [1.54, 1.807) is 0 Å². The van der Waals surface area contributed by atoms with Gasteiger partial charge in [0.05, 0.1) is 0 Å². The van der Waals surface area contributed by atoms with Crippen molar-refractivity contribution in [3.63, 3.8) is 0 Å². The van der Waals surface area contributed by atoms with Crippen molar-refractivity contribution in [2.45, 2.75) is 13.3 Å². The summed E-state index contributed by atoms with van der Waals surface area (Å²) in [7, 11) is 0. The summed E-state index contributed by atoms with van der Waals surface area (Å²) in [6, 6.07) is 10.5. The molecule has 0 N–H and O–H groups in total. The number of aliphatic carboxylic acids is 1. The van der Waals surface area contributed by atoms with Crippen LogP contribution >= 0.6 is 0 Å². The Morgan fingerprint density at radius 1 is 1.42 bits per heavy atom. The molecule has 12 heavy (non-hydrogen) atoms. The normalized spacial score (nSPS) is 8.25. The molecule has 60 valence electrons. The van der Waals surface area contributed by atoms with E-state index >= 15 is 0 Å². The van der Waals surface area contributed by atoms with Crippen LogP contribution in [0.3, 0.4) is 0 Å². The molecule has 0 atom stereocenters. The molecule has 0 amide bonds. The number of benzene rings is 1. The Morgan fingerprint density at radius 3 is 2.00 bits per heavy atom. The van der Waals surface area contributed by atoms with Crippen molar-refractivity contribution in [1.29, 1.82) is 0 Å². The molecule has 0 aromatic heterocycles. The molecule has 0 spiro atoms. The number of carbonyl (C=O) groups excluding carboxylic acids is 1. The molecular weight excluding hydrogens is 180 g/mol. The Labute approximate surface area is 96.2 Å². The van der Waals surface area contributed by atoms with Crippen molar-refractivity contribution < 1.29 is 9.90 Å². The topological polar surface area (TPSA) is 40.1 Å². The molecule has 0 aliphatic rings. The first-order valence-electron chi connectivity index (χ1n) is 3.73. The van der Waals surface area contributed by atoms with E-state index in [4.69, 9.17) is 0 Å². The quantitative estimate of drug-likeness (QED) is 0.567. The van der Waals surface area contributed by atoms with Gasteiger partial charge in [-0.15, -0.1) is 0 Å². The van der Waals surface area contributed by atoms with Crippen LogP contribution in [0.5, 0.6) is 0 Å². The van der Waals surface area contributed by atoms with Crippen LogP contribution in [0.15, 0.2) is 30.3 Å². The van der Waals surface area contributed by atoms with Crippen LogP contribution in [0.1, 0.15) is 13.3 Å². The van der Waals surface area contributed by atoms with Gasteiger partial charge in [-0.05, 0) is 6.42 Å². The molecule has 2 nitrogen and oxygen atoms in total. The first-order chi connectivity index (χ1) is 5.66. The monoisotopic (exact) mass is 190 g/mol. The summed E-state index contributed by atoms with van der Waals surface area (Å²) in [5.74, 6) is -0.995. The van der Waals surface area contributed by atoms with E-state index < -0.39 is 5.97 Å². The molecule has 0 radical (unpaired) electrons. The molecule has 0 saturated heterocycles. The van der Waals surface area contributed by atoms with Gasteiger partial charge in [-0.1, -0.05) is 6.92 Å². The minimum absolute atomic E-state index is 0.111. The second-order valence-electron chi connectivity index (χ2n) is 2.21. The number of hydrogen-bond donors (Lipinski definition) is 0. The minimum atomic E-state index is -0.995. The van der Waals surface area contributed by atoms with E-state index in [1.165, 1.54) is 44.4 Å². The molecule has 3 heteroatoms. The molecule has 0 aliphatic heterocycles. The summed E-state index contributed by atoms with van der Waals surface area (Å²) < 4.78 is 1.45. The SMILES string of the molecule is CCC(=O)[O-].[Ca+][c]1ccccc1. The predicted molar refractivity (Wildman–Crippen MR) is 47.1 cm³/mol. The summed E-state index contributed by atoms with van der Waals surface area (Å²) in [5, 5.41) is 9.26. The fraction of sp³-hybridized carbons (Fsp3) is 0.222. The number of hydrogen-bond acceptors (Lipinski definition) is 2. The van der Waals surface area contributed by atoms with E-state index in [0.717, 1.165) is 0 Å². The third-order valence-electron chi connectivity index (χ3n) is 1.13. The summed E-state index contributed by atoms with van der Waals surface area (Å²) in [5.41, 5.74) is 0. The van der Waals surface area contributed by atoms with Crippen molar-refractivity contribution in [2.24, 2.45) is 0 Å². The van der Waals surface area contributed by atoms with Crippen LogP contribution < -0.4 is 6.77 Å². The molecule has 1 rings (SSSR count). The number of carbonyl (C=O) groups is 1. The zero-order valence-corrected chi connectivity index (χ0v) is 9.33. The summed E-state index contributed by atoms with van der Waals surface area (Å²) in [6.07, 6.45) is 0.111. The fourth-order valence-corrected chi connectivity index (χ4v) is 0.903. The Hall–Kier alpha value is -0.0503. The molecule has 0 aliphatic carbocycles. The Morgan fingerprint density at radius 2 is 1.83 bits per heavy atom. The van der Waals surface area contributed by atoms with Gasteiger partial charge in [-0.3, -0.25) is 0 Å². The van der Waals surface area contributed by atoms with Crippen molar-refractivity contribution in [3.8, 4) is 0 Å². The van der Waals surface area contributed by atoms with Gasteiger partial charge in [-0.25, -0.2) is 0 Å². The van der Waals surface area contributed by atoms with Crippen molar-refractivity contribution in [2.75, 3.05) is 0 Å². The van der Waals surface area contributed by atoms with E-state index in [1.807, 2.05) is 6.07 Å². The van der Waals surface area contributed by atoms with Gasteiger partial charge in [0.25, 0.3) is 0 Å². The zero-order valence-electron chi connectivity index (χ0n) is 7.12. The molecule has 1 aromatic carbocycles. The predicted octanol–water partition coefficient (Wildman–Crippen LogP) is -0.373. The third-order valence-corrected chi connectivity index (χ3v) is 1.87. The van der Waals surface area contributed by atoms with Crippen LogP contribution in [0.4, 0.5) is 0 Å². The fourth-order valence-electron chi connectivity index (χ4n) is 0.478. The van der Waals surface area contributed by atoms with Crippen LogP contribution in [0, 0.1) is 0 Å². The maximum atomic E-state index is 9.26. The zero-order chi connectivity index (χ0) is 9.40. The van der Waals surface area contributed by atoms with Crippen LogP contribution in [0.2, 0.25) is 0 Å². The molecule has 0 saturated carbocycles. The van der Waals surface area contributed by atoms with Crippen LogP contribution in [-0.2, 0) is 4.79 Å². The number of carboxylic acids is 1. The summed E-state index contributed by atoms with van der Waals surface area (Å²) in [6.45, 7) is 1.54. The van der Waals surface area contributed by atoms with E-state index in [9.17, 15) is 9.90 Å². The second-order valence-corrected chi connectivity index (χ2v) is 3.49. The average Bonchev–Trinajstić information content (AvgIpc) is 2.07.